The van der Waals surface area contributed by atoms with Crippen LogP contribution in [0, 0.1) is 5.92 Å². The Kier molecular flexibility index (Phi) is 5.38. The molecule has 4 heteroatoms. The Morgan fingerprint density at radius 1 is 1.40 bits per heavy atom. The molecular weight excluding hydrogens is 248 g/mol. The largest absolute Gasteiger partial charge is 0.369 e. The Labute approximate surface area is 123 Å². The molecule has 20 heavy (non-hydrogen) atoms. The van der Waals surface area contributed by atoms with Crippen LogP contribution in [0.2, 0.25) is 0 Å². The molecular formula is C16H28N4. The van der Waals surface area contributed by atoms with Crippen molar-refractivity contribution in [3.05, 3.63) is 24.0 Å². The van der Waals surface area contributed by atoms with Crippen LogP contribution in [0.15, 0.2) is 18.3 Å². The van der Waals surface area contributed by atoms with Crippen molar-refractivity contribution >= 4 is 5.69 Å². The van der Waals surface area contributed by atoms with Gasteiger partial charge in [0.1, 0.15) is 0 Å². The number of hydrogen-bond acceptors (Lipinski definition) is 4. The number of hydrogen-bond donors (Lipinski definition) is 1. The minimum Gasteiger partial charge on any atom is -0.369 e. The van der Waals surface area contributed by atoms with E-state index >= 15 is 0 Å². The number of nitrogens with one attached hydrogen (secondary N) is 1. The van der Waals surface area contributed by atoms with Gasteiger partial charge >= 0.3 is 0 Å². The monoisotopic (exact) mass is 276 g/mol. The van der Waals surface area contributed by atoms with Crippen LogP contribution in [0.1, 0.15) is 26.5 Å². The van der Waals surface area contributed by atoms with Gasteiger partial charge in [0.15, 0.2) is 0 Å². The maximum atomic E-state index is 4.47. The molecule has 4 nitrogen and oxygen atoms in total. The molecule has 1 unspecified atom stereocenters. The minimum atomic E-state index is 0.611. The molecule has 1 saturated heterocycles. The lowest BCUT2D eigenvalue weighted by atomic mass is 10.2. The zero-order chi connectivity index (χ0) is 14.5. The van der Waals surface area contributed by atoms with Gasteiger partial charge in [-0.3, -0.25) is 4.98 Å². The maximum Gasteiger partial charge on any atom is 0.0562 e. The normalized spacial score (nSPS) is 20.6. The number of likely N-dealkylation sites (N-methyl/N-ethyl adjacent to an activating group) is 1. The molecule has 1 aliphatic rings. The fourth-order valence-corrected chi connectivity index (χ4v) is 2.53. The zero-order valence-corrected chi connectivity index (χ0v) is 13.3. The van der Waals surface area contributed by atoms with E-state index in [0.717, 1.165) is 38.4 Å². The molecule has 0 aliphatic carbocycles. The van der Waals surface area contributed by atoms with E-state index in [1.807, 2.05) is 6.20 Å². The van der Waals surface area contributed by atoms with E-state index < -0.39 is 0 Å². The molecule has 1 atom stereocenters. The highest BCUT2D eigenvalue weighted by Crippen LogP contribution is 2.18. The van der Waals surface area contributed by atoms with Gasteiger partial charge in [-0.2, -0.15) is 0 Å². The van der Waals surface area contributed by atoms with Crippen LogP contribution in [0.3, 0.4) is 0 Å². The molecule has 1 aromatic rings. The maximum absolute atomic E-state index is 4.47. The number of aromatic nitrogens is 1. The highest BCUT2D eigenvalue weighted by atomic mass is 15.3. The average molecular weight is 276 g/mol. The van der Waals surface area contributed by atoms with E-state index in [1.165, 1.54) is 5.69 Å². The summed E-state index contributed by atoms with van der Waals surface area (Å²) in [5.74, 6) is 0.677. The second-order valence-corrected chi connectivity index (χ2v) is 6.31. The van der Waals surface area contributed by atoms with Crippen molar-refractivity contribution in [2.24, 2.45) is 5.92 Å². The summed E-state index contributed by atoms with van der Waals surface area (Å²) < 4.78 is 0. The molecule has 1 fully saturated rings. The first kappa shape index (κ1) is 15.3. The van der Waals surface area contributed by atoms with Gasteiger partial charge in [-0.25, -0.2) is 0 Å². The summed E-state index contributed by atoms with van der Waals surface area (Å²) in [7, 11) is 2.20. The van der Waals surface area contributed by atoms with E-state index in [2.05, 4.69) is 60.1 Å². The molecule has 1 N–H and O–H groups in total. The summed E-state index contributed by atoms with van der Waals surface area (Å²) in [4.78, 5) is 9.36. The lowest BCUT2D eigenvalue weighted by Crippen LogP contribution is -2.50. The Hall–Kier alpha value is -1.13. The van der Waals surface area contributed by atoms with Crippen molar-refractivity contribution in [3.8, 4) is 0 Å². The minimum absolute atomic E-state index is 0.611. The van der Waals surface area contributed by atoms with Gasteiger partial charge in [0.2, 0.25) is 0 Å². The molecule has 2 rings (SSSR count). The van der Waals surface area contributed by atoms with Crippen molar-refractivity contribution in [1.29, 1.82) is 0 Å². The van der Waals surface area contributed by atoms with Crippen molar-refractivity contribution in [1.82, 2.24) is 15.2 Å². The fourth-order valence-electron chi connectivity index (χ4n) is 2.53. The molecule has 0 aromatic carbocycles. The van der Waals surface area contributed by atoms with Gasteiger partial charge in [-0.05, 0) is 38.6 Å². The third-order valence-corrected chi connectivity index (χ3v) is 3.98. The first-order chi connectivity index (χ1) is 9.56. The summed E-state index contributed by atoms with van der Waals surface area (Å²) in [6.07, 6.45) is 1.94. The quantitative estimate of drug-likeness (QED) is 0.891. The smallest absolute Gasteiger partial charge is 0.0562 e. The predicted molar refractivity (Wildman–Crippen MR) is 85.1 cm³/mol. The Morgan fingerprint density at radius 3 is 2.90 bits per heavy atom. The van der Waals surface area contributed by atoms with E-state index in [4.69, 9.17) is 0 Å². The van der Waals surface area contributed by atoms with Gasteiger partial charge < -0.3 is 15.1 Å². The first-order valence-electron chi connectivity index (χ1n) is 7.67. The van der Waals surface area contributed by atoms with Crippen LogP contribution in [0.25, 0.3) is 0 Å². The van der Waals surface area contributed by atoms with Crippen LogP contribution in [0.4, 0.5) is 5.69 Å². The van der Waals surface area contributed by atoms with Crippen LogP contribution in [0.5, 0.6) is 0 Å². The number of nitrogens with zero attached hydrogens (tertiary/aromatic N) is 3. The zero-order valence-electron chi connectivity index (χ0n) is 13.3. The third kappa shape index (κ3) is 4.18. The Balaban J connectivity index is 1.95. The van der Waals surface area contributed by atoms with Crippen molar-refractivity contribution in [2.75, 3.05) is 38.1 Å². The van der Waals surface area contributed by atoms with Gasteiger partial charge in [0.25, 0.3) is 0 Å². The van der Waals surface area contributed by atoms with E-state index in [0.29, 0.717) is 12.0 Å². The second kappa shape index (κ2) is 7.04. The van der Waals surface area contributed by atoms with Crippen molar-refractivity contribution < 1.29 is 0 Å². The standard InChI is InChI=1S/C16H28N4/c1-13(2)10-17-11-15-9-16(5-6-18-15)20-8-7-19(4)14(3)12-20/h5-6,9,13-14,17H,7-8,10-12H2,1-4H3. The highest BCUT2D eigenvalue weighted by Gasteiger charge is 2.20. The SMILES string of the molecule is CC(C)CNCc1cc(N2CCN(C)C(C)C2)ccn1. The van der Waals surface area contributed by atoms with E-state index in [9.17, 15) is 0 Å². The fraction of sp³-hybridized carbons (Fsp3) is 0.688. The molecule has 112 valence electrons. The van der Waals surface area contributed by atoms with Gasteiger partial charge in [0.05, 0.1) is 5.69 Å². The van der Waals surface area contributed by atoms with Crippen molar-refractivity contribution in [3.63, 3.8) is 0 Å². The molecule has 0 spiro atoms. The number of piperazine rings is 1. The summed E-state index contributed by atoms with van der Waals surface area (Å²) >= 11 is 0. The lowest BCUT2D eigenvalue weighted by Gasteiger charge is -2.39. The number of pyridine rings is 1. The predicted octanol–water partition coefficient (Wildman–Crippen LogP) is 1.97. The summed E-state index contributed by atoms with van der Waals surface area (Å²) in [6.45, 7) is 12.0. The number of anilines is 1. The van der Waals surface area contributed by atoms with Gasteiger partial charge in [-0.1, -0.05) is 13.8 Å². The van der Waals surface area contributed by atoms with E-state index in [-0.39, 0.29) is 0 Å². The molecule has 0 radical (unpaired) electrons. The second-order valence-electron chi connectivity index (χ2n) is 6.31. The first-order valence-corrected chi connectivity index (χ1v) is 7.67. The Morgan fingerprint density at radius 2 is 2.20 bits per heavy atom. The molecule has 1 aliphatic heterocycles. The third-order valence-electron chi connectivity index (χ3n) is 3.98. The highest BCUT2D eigenvalue weighted by molar-refractivity contribution is 5.47. The molecule has 0 amide bonds. The Bertz CT molecular complexity index is 419. The molecule has 1 aromatic heterocycles. The lowest BCUT2D eigenvalue weighted by molar-refractivity contribution is 0.234. The molecule has 0 bridgehead atoms. The molecule has 0 saturated carbocycles. The van der Waals surface area contributed by atoms with E-state index in [1.54, 1.807) is 0 Å². The summed E-state index contributed by atoms with van der Waals surface area (Å²) in [5, 5.41) is 3.46. The molecule has 2 heterocycles. The van der Waals surface area contributed by atoms with Crippen LogP contribution in [-0.4, -0.2) is 49.2 Å². The number of rotatable bonds is 5. The van der Waals surface area contributed by atoms with Crippen LogP contribution >= 0.6 is 0 Å². The topological polar surface area (TPSA) is 31.4 Å². The van der Waals surface area contributed by atoms with Gasteiger partial charge in [-0.15, -0.1) is 0 Å². The van der Waals surface area contributed by atoms with Crippen molar-refractivity contribution in [2.45, 2.75) is 33.4 Å². The average Bonchev–Trinajstić information content (AvgIpc) is 2.42. The van der Waals surface area contributed by atoms with Crippen LogP contribution in [-0.2, 0) is 6.54 Å². The summed E-state index contributed by atoms with van der Waals surface area (Å²) in [6, 6.07) is 4.97. The van der Waals surface area contributed by atoms with Gasteiger partial charge in [0, 0.05) is 44.1 Å². The summed E-state index contributed by atoms with van der Waals surface area (Å²) in [5.41, 5.74) is 2.44. The van der Waals surface area contributed by atoms with Crippen LogP contribution < -0.4 is 10.2 Å².